The summed E-state index contributed by atoms with van der Waals surface area (Å²) in [6.45, 7) is 23.7. The molecule has 0 aliphatic carbocycles. The molecule has 3 rings (SSSR count). The number of nitrogens with zero attached hydrogens (tertiary/aromatic N) is 4. The molecule has 0 radical (unpaired) electrons. The van der Waals surface area contributed by atoms with Crippen LogP contribution in [-0.4, -0.2) is 64.5 Å². The van der Waals surface area contributed by atoms with Crippen LogP contribution in [0.3, 0.4) is 0 Å². The number of fused-ring (bicyclic) bond motifs is 1. The lowest BCUT2D eigenvalue weighted by atomic mass is 10.1. The number of H-pyrrole nitrogens is 1. The van der Waals surface area contributed by atoms with Crippen molar-refractivity contribution in [3.63, 3.8) is 0 Å². The highest BCUT2D eigenvalue weighted by atomic mass is 31.2. The predicted molar refractivity (Wildman–Crippen MR) is 161 cm³/mol. The Bertz CT molecular complexity index is 1230. The van der Waals surface area contributed by atoms with Crippen molar-refractivity contribution in [3.05, 3.63) is 28.4 Å². The van der Waals surface area contributed by atoms with Crippen molar-refractivity contribution in [1.29, 1.82) is 5.26 Å². The van der Waals surface area contributed by atoms with Crippen molar-refractivity contribution in [3.8, 4) is 6.07 Å². The van der Waals surface area contributed by atoms with E-state index in [4.69, 9.17) is 23.5 Å². The zero-order valence-corrected chi connectivity index (χ0v) is 27.9. The third-order valence-corrected chi connectivity index (χ3v) is 14.4. The van der Waals surface area contributed by atoms with E-state index in [1.165, 1.54) is 0 Å². The second-order valence-electron chi connectivity index (χ2n) is 12.5. The quantitative estimate of drug-likeness (QED) is 0.171. The Balaban J connectivity index is 2.12. The smallest absolute Gasteiger partial charge is 0.260 e. The molecule has 0 bridgehead atoms. The predicted octanol–water partition coefficient (Wildman–Crippen LogP) is 6.39. The summed E-state index contributed by atoms with van der Waals surface area (Å²) < 4.78 is 31.2. The molecule has 2 unspecified atom stereocenters. The highest BCUT2D eigenvalue weighted by Gasteiger charge is 2.52. The number of rotatable bonds is 12. The minimum absolute atomic E-state index is 0.0485. The molecule has 0 saturated carbocycles. The Morgan fingerprint density at radius 3 is 2.45 bits per heavy atom. The number of nitrogens with one attached hydrogen (secondary N) is 1. The zero-order valence-electron chi connectivity index (χ0n) is 26.0. The van der Waals surface area contributed by atoms with Gasteiger partial charge in [0.1, 0.15) is 23.7 Å². The molecule has 0 amide bonds. The summed E-state index contributed by atoms with van der Waals surface area (Å²) in [5.41, 5.74) is 0.379. The Hall–Kier alpha value is -1.64. The molecule has 1 fully saturated rings. The Morgan fingerprint density at radius 1 is 1.25 bits per heavy atom. The van der Waals surface area contributed by atoms with Gasteiger partial charge >= 0.3 is 0 Å². The highest BCUT2D eigenvalue weighted by molar-refractivity contribution is 7.44. The number of aromatic amines is 1. The van der Waals surface area contributed by atoms with E-state index in [0.29, 0.717) is 23.3 Å². The summed E-state index contributed by atoms with van der Waals surface area (Å²) in [4.78, 5) is 20.1. The van der Waals surface area contributed by atoms with E-state index in [2.05, 4.69) is 89.2 Å². The van der Waals surface area contributed by atoms with Gasteiger partial charge in [-0.05, 0) is 65.2 Å². The zero-order chi connectivity index (χ0) is 30.0. The summed E-state index contributed by atoms with van der Waals surface area (Å²) in [6, 6.07) is 4.28. The van der Waals surface area contributed by atoms with Crippen LogP contribution in [0.4, 0.5) is 0 Å². The lowest BCUT2D eigenvalue weighted by Crippen LogP contribution is -2.49. The molecule has 0 spiro atoms. The molecule has 0 aromatic carbocycles. The van der Waals surface area contributed by atoms with Crippen molar-refractivity contribution in [2.75, 3.05) is 6.61 Å². The maximum Gasteiger partial charge on any atom is 0.260 e. The largest absolute Gasteiger partial charge is 0.407 e. The van der Waals surface area contributed by atoms with Crippen molar-refractivity contribution in [2.24, 2.45) is 0 Å². The third-order valence-electron chi connectivity index (χ3n) is 7.77. The minimum atomic E-state index is -2.30. The van der Waals surface area contributed by atoms with Gasteiger partial charge in [-0.15, -0.1) is 0 Å². The topological polar surface area (TPSA) is 115 Å². The number of hydrogen-bond acceptors (Lipinski definition) is 8. The van der Waals surface area contributed by atoms with Crippen LogP contribution in [0.2, 0.25) is 18.1 Å². The summed E-state index contributed by atoms with van der Waals surface area (Å²) >= 11 is 0. The maximum absolute atomic E-state index is 12.7. The van der Waals surface area contributed by atoms with E-state index < -0.39 is 35.3 Å². The number of nitriles is 1. The van der Waals surface area contributed by atoms with Gasteiger partial charge in [0, 0.05) is 18.3 Å². The van der Waals surface area contributed by atoms with Crippen molar-refractivity contribution in [1.82, 2.24) is 19.2 Å². The number of aromatic nitrogens is 3. The van der Waals surface area contributed by atoms with Crippen molar-refractivity contribution in [2.45, 2.75) is 130 Å². The van der Waals surface area contributed by atoms with Gasteiger partial charge in [-0.3, -0.25) is 4.79 Å². The van der Waals surface area contributed by atoms with Crippen LogP contribution in [0, 0.1) is 18.3 Å². The normalized spacial score (nSPS) is 23.0. The average Bonchev–Trinajstić information content (AvgIpc) is 3.39. The van der Waals surface area contributed by atoms with E-state index in [-0.39, 0.29) is 41.8 Å². The standard InChI is InChI=1S/C28H48N5O5PSi/c1-12-22-23(37-39(35-17-13-15-29)33(18(2)3)19(4)5)24(38-40(10,11)28(7,8)9)27(36-22)32-16-14-21-25(32)30-20(6)31-26(21)34/h14,16,18-19,22-24,27H,12-13,17H2,1-11H3,(H,30,31,34)/t22-,23+,24?,27-,39?/m1/s1. The molecule has 1 saturated heterocycles. The fourth-order valence-corrected chi connectivity index (χ4v) is 7.84. The van der Waals surface area contributed by atoms with Crippen LogP contribution in [0.25, 0.3) is 11.0 Å². The van der Waals surface area contributed by atoms with Gasteiger partial charge in [-0.1, -0.05) is 27.7 Å². The summed E-state index contributed by atoms with van der Waals surface area (Å²) in [5.74, 6) is 0.538. The van der Waals surface area contributed by atoms with E-state index in [1.54, 1.807) is 13.0 Å². The Kier molecular flexibility index (Phi) is 10.8. The van der Waals surface area contributed by atoms with Crippen LogP contribution in [0.15, 0.2) is 17.1 Å². The summed E-state index contributed by atoms with van der Waals surface area (Å²) in [5, 5.41) is 9.62. The monoisotopic (exact) mass is 593 g/mol. The van der Waals surface area contributed by atoms with Crippen LogP contribution in [0.5, 0.6) is 0 Å². The van der Waals surface area contributed by atoms with Crippen LogP contribution in [-0.2, 0) is 18.2 Å². The second-order valence-corrected chi connectivity index (χ2v) is 18.7. The number of ether oxygens (including phenoxy) is 1. The molecule has 2 aromatic rings. The van der Waals surface area contributed by atoms with Gasteiger partial charge in [0.2, 0.25) is 0 Å². The van der Waals surface area contributed by atoms with E-state index in [1.807, 2.05) is 10.8 Å². The molecule has 1 aliphatic rings. The lowest BCUT2D eigenvalue weighted by molar-refractivity contribution is -0.0321. The van der Waals surface area contributed by atoms with Crippen LogP contribution < -0.4 is 5.56 Å². The lowest BCUT2D eigenvalue weighted by Gasteiger charge is -2.42. The van der Waals surface area contributed by atoms with Gasteiger partial charge in [-0.25, -0.2) is 9.65 Å². The molecule has 12 heteroatoms. The van der Waals surface area contributed by atoms with Crippen molar-refractivity contribution < 1.29 is 18.2 Å². The second kappa shape index (κ2) is 13.1. The summed E-state index contributed by atoms with van der Waals surface area (Å²) in [6.07, 6.45) is 1.13. The third kappa shape index (κ3) is 7.04. The van der Waals surface area contributed by atoms with Gasteiger partial charge in [0.05, 0.1) is 30.6 Å². The van der Waals surface area contributed by atoms with E-state index in [0.717, 1.165) is 0 Å². The molecule has 10 nitrogen and oxygen atoms in total. The first-order valence-corrected chi connectivity index (χ1v) is 18.3. The highest BCUT2D eigenvalue weighted by Crippen LogP contribution is 2.52. The SMILES string of the molecule is CC[C@H]1O[C@@H](n2ccc3c(=O)[nH]c(C)nc32)C(O[Si](C)(C)C(C)(C)C)[C@H]1OP(OCCC#N)N(C(C)C)C(C)C. The Labute approximate surface area is 241 Å². The van der Waals surface area contributed by atoms with Crippen LogP contribution in [0.1, 0.15) is 80.3 Å². The number of hydrogen-bond donors (Lipinski definition) is 1. The van der Waals surface area contributed by atoms with Crippen molar-refractivity contribution >= 4 is 27.9 Å². The van der Waals surface area contributed by atoms with E-state index in [9.17, 15) is 4.79 Å². The molecule has 224 valence electrons. The molecule has 2 aromatic heterocycles. The molecule has 40 heavy (non-hydrogen) atoms. The first-order valence-electron chi connectivity index (χ1n) is 14.3. The first-order chi connectivity index (χ1) is 18.6. The van der Waals surface area contributed by atoms with Gasteiger partial charge in [0.25, 0.3) is 14.1 Å². The first kappa shape index (κ1) is 32.9. The molecular weight excluding hydrogens is 545 g/mol. The van der Waals surface area contributed by atoms with E-state index >= 15 is 0 Å². The molecule has 1 aliphatic heterocycles. The minimum Gasteiger partial charge on any atom is -0.407 e. The fourth-order valence-electron chi connectivity index (χ4n) is 4.79. The van der Waals surface area contributed by atoms with Gasteiger partial charge in [-0.2, -0.15) is 5.26 Å². The summed E-state index contributed by atoms with van der Waals surface area (Å²) in [7, 11) is -3.82. The van der Waals surface area contributed by atoms with Crippen LogP contribution >= 0.6 is 8.53 Å². The molecule has 5 atom stereocenters. The molecule has 1 N–H and O–H groups in total. The molecule has 3 heterocycles. The Morgan fingerprint density at radius 2 is 1.90 bits per heavy atom. The average molecular weight is 594 g/mol. The van der Waals surface area contributed by atoms with Gasteiger partial charge < -0.3 is 27.8 Å². The number of aryl methyl sites for hydroxylation is 1. The van der Waals surface area contributed by atoms with Gasteiger partial charge in [0.15, 0.2) is 14.5 Å². The molecular formula is C28H48N5O5PSi. The maximum atomic E-state index is 12.7. The fraction of sp³-hybridized carbons (Fsp3) is 0.750.